The number of hydrogen-bond acceptors (Lipinski definition) is 6. The van der Waals surface area contributed by atoms with E-state index in [1.165, 1.54) is 12.4 Å². The van der Waals surface area contributed by atoms with E-state index >= 15 is 0 Å². The molecule has 0 saturated heterocycles. The summed E-state index contributed by atoms with van der Waals surface area (Å²) in [5.41, 5.74) is -0.939. The summed E-state index contributed by atoms with van der Waals surface area (Å²) in [5.74, 6) is -1.86. The van der Waals surface area contributed by atoms with Gasteiger partial charge in [0.05, 0.1) is 18.7 Å². The highest BCUT2D eigenvalue weighted by Gasteiger charge is 2.59. The fraction of sp³-hybridized carbons (Fsp3) is 0.500. The van der Waals surface area contributed by atoms with Crippen LogP contribution in [0.4, 0.5) is 0 Å². The molecule has 1 saturated carbocycles. The molecule has 108 valence electrons. The topological polar surface area (TPSA) is 99.7 Å². The van der Waals surface area contributed by atoms with E-state index in [1.54, 1.807) is 6.92 Å². The summed E-state index contributed by atoms with van der Waals surface area (Å²) < 4.78 is 5.15. The Bertz CT molecular complexity index is 601. The first-order valence-corrected chi connectivity index (χ1v) is 6.93. The van der Waals surface area contributed by atoms with Gasteiger partial charge in [-0.05, 0) is 37.3 Å². The molecule has 0 aliphatic heterocycles. The number of aromatic nitrogens is 2. The van der Waals surface area contributed by atoms with Crippen LogP contribution in [0.3, 0.4) is 0 Å². The SMILES string of the molecule is CCOC(=O)C(c1cnc(Cl)nc1)(C(C#N)C#N)C1CC1. The van der Waals surface area contributed by atoms with Gasteiger partial charge >= 0.3 is 5.97 Å². The fourth-order valence-corrected chi connectivity index (χ4v) is 2.69. The molecule has 1 aromatic rings. The molecule has 0 N–H and O–H groups in total. The van der Waals surface area contributed by atoms with Crippen molar-refractivity contribution >= 4 is 17.6 Å². The van der Waals surface area contributed by atoms with Crippen molar-refractivity contribution in [1.29, 1.82) is 10.5 Å². The van der Waals surface area contributed by atoms with Crippen molar-refractivity contribution in [2.75, 3.05) is 6.61 Å². The molecule has 0 spiro atoms. The van der Waals surface area contributed by atoms with Crippen LogP contribution in [0.5, 0.6) is 0 Å². The Morgan fingerprint density at radius 1 is 1.48 bits per heavy atom. The highest BCUT2D eigenvalue weighted by molar-refractivity contribution is 6.28. The summed E-state index contributed by atoms with van der Waals surface area (Å²) >= 11 is 5.68. The maximum Gasteiger partial charge on any atom is 0.319 e. The quantitative estimate of drug-likeness (QED) is 0.609. The Morgan fingerprint density at radius 2 is 2.05 bits per heavy atom. The maximum absolute atomic E-state index is 12.6. The Hall–Kier alpha value is -2.18. The van der Waals surface area contributed by atoms with Gasteiger partial charge in [-0.2, -0.15) is 10.5 Å². The van der Waals surface area contributed by atoms with Crippen molar-refractivity contribution in [3.63, 3.8) is 0 Å². The largest absolute Gasteiger partial charge is 0.465 e. The van der Waals surface area contributed by atoms with Crippen LogP contribution >= 0.6 is 11.6 Å². The second-order valence-corrected chi connectivity index (χ2v) is 5.13. The van der Waals surface area contributed by atoms with Crippen molar-refractivity contribution in [3.05, 3.63) is 23.2 Å². The van der Waals surface area contributed by atoms with Gasteiger partial charge in [-0.15, -0.1) is 0 Å². The predicted molar refractivity (Wildman–Crippen MR) is 72.8 cm³/mol. The van der Waals surface area contributed by atoms with E-state index in [-0.39, 0.29) is 17.8 Å². The van der Waals surface area contributed by atoms with Crippen LogP contribution < -0.4 is 0 Å². The van der Waals surface area contributed by atoms with Gasteiger partial charge in [-0.1, -0.05) is 0 Å². The minimum absolute atomic E-state index is 0.0396. The molecule has 0 amide bonds. The smallest absolute Gasteiger partial charge is 0.319 e. The Balaban J connectivity index is 2.61. The molecule has 1 atom stereocenters. The zero-order valence-corrected chi connectivity index (χ0v) is 12.2. The van der Waals surface area contributed by atoms with Gasteiger partial charge in [0.15, 0.2) is 5.92 Å². The Morgan fingerprint density at radius 3 is 2.48 bits per heavy atom. The van der Waals surface area contributed by atoms with Gasteiger partial charge in [-0.3, -0.25) is 4.79 Å². The van der Waals surface area contributed by atoms with E-state index in [0.717, 1.165) is 12.8 Å². The van der Waals surface area contributed by atoms with Crippen LogP contribution in [0.2, 0.25) is 5.28 Å². The number of ether oxygens (including phenoxy) is 1. The van der Waals surface area contributed by atoms with Crippen molar-refractivity contribution < 1.29 is 9.53 Å². The maximum atomic E-state index is 12.6. The van der Waals surface area contributed by atoms with Crippen LogP contribution in [0.15, 0.2) is 12.4 Å². The van der Waals surface area contributed by atoms with E-state index in [2.05, 4.69) is 9.97 Å². The number of halogens is 1. The molecule has 1 heterocycles. The lowest BCUT2D eigenvalue weighted by molar-refractivity contribution is -0.152. The number of nitriles is 2. The van der Waals surface area contributed by atoms with E-state index in [1.807, 2.05) is 12.1 Å². The van der Waals surface area contributed by atoms with Crippen molar-refractivity contribution in [2.45, 2.75) is 25.2 Å². The van der Waals surface area contributed by atoms with E-state index in [4.69, 9.17) is 16.3 Å². The van der Waals surface area contributed by atoms with Gasteiger partial charge in [0.25, 0.3) is 0 Å². The molecular weight excluding hydrogens is 292 g/mol. The molecule has 1 aliphatic carbocycles. The second-order valence-electron chi connectivity index (χ2n) is 4.80. The molecule has 2 rings (SSSR count). The minimum Gasteiger partial charge on any atom is -0.465 e. The average molecular weight is 305 g/mol. The molecular formula is C14H13ClN4O2. The molecule has 1 unspecified atom stereocenters. The van der Waals surface area contributed by atoms with Gasteiger partial charge in [0.2, 0.25) is 5.28 Å². The number of rotatable bonds is 5. The third kappa shape index (κ3) is 2.55. The number of nitrogens with zero attached hydrogens (tertiary/aromatic N) is 4. The highest BCUT2D eigenvalue weighted by Crippen LogP contribution is 2.52. The van der Waals surface area contributed by atoms with Crippen LogP contribution in [-0.4, -0.2) is 22.5 Å². The first-order chi connectivity index (χ1) is 10.1. The Labute approximate surface area is 127 Å². The van der Waals surface area contributed by atoms with Crippen molar-refractivity contribution in [3.8, 4) is 12.1 Å². The third-order valence-corrected chi connectivity index (χ3v) is 3.84. The van der Waals surface area contributed by atoms with Crippen molar-refractivity contribution in [2.24, 2.45) is 11.8 Å². The summed E-state index contributed by atoms with van der Waals surface area (Å²) in [6.07, 6.45) is 4.29. The fourth-order valence-electron chi connectivity index (χ4n) is 2.59. The van der Waals surface area contributed by atoms with Gasteiger partial charge in [0, 0.05) is 18.0 Å². The highest BCUT2D eigenvalue weighted by atomic mass is 35.5. The Kier molecular flexibility index (Phi) is 4.40. The lowest BCUT2D eigenvalue weighted by Crippen LogP contribution is -2.46. The van der Waals surface area contributed by atoms with Crippen LogP contribution in [0.1, 0.15) is 25.3 Å². The molecule has 0 radical (unpaired) electrons. The standard InChI is InChI=1S/C14H13ClN4O2/c1-2-21-12(20)14(9-3-4-9,10(5-16)6-17)11-7-18-13(15)19-8-11/h7-10H,2-4H2,1H3. The van der Waals surface area contributed by atoms with Crippen molar-refractivity contribution in [1.82, 2.24) is 9.97 Å². The zero-order chi connectivity index (χ0) is 15.5. The summed E-state index contributed by atoms with van der Waals surface area (Å²) in [6.45, 7) is 1.85. The van der Waals surface area contributed by atoms with Crippen LogP contribution in [-0.2, 0) is 14.9 Å². The number of hydrogen-bond donors (Lipinski definition) is 0. The molecule has 1 fully saturated rings. The third-order valence-electron chi connectivity index (χ3n) is 3.65. The van der Waals surface area contributed by atoms with E-state index < -0.39 is 17.3 Å². The summed E-state index contributed by atoms with van der Waals surface area (Å²) in [7, 11) is 0. The predicted octanol–water partition coefficient (Wildman–Crippen LogP) is 2.00. The van der Waals surface area contributed by atoms with Crippen LogP contribution in [0, 0.1) is 34.5 Å². The minimum atomic E-state index is -1.34. The summed E-state index contributed by atoms with van der Waals surface area (Å²) in [5, 5.41) is 18.7. The van der Waals surface area contributed by atoms with Gasteiger partial charge in [-0.25, -0.2) is 9.97 Å². The second kappa shape index (κ2) is 6.07. The van der Waals surface area contributed by atoms with E-state index in [9.17, 15) is 15.3 Å². The van der Waals surface area contributed by atoms with E-state index in [0.29, 0.717) is 5.56 Å². The molecule has 1 aromatic heterocycles. The molecule has 0 bridgehead atoms. The number of esters is 1. The lowest BCUT2D eigenvalue weighted by Gasteiger charge is -2.32. The molecule has 1 aliphatic rings. The summed E-state index contributed by atoms with van der Waals surface area (Å²) in [4.78, 5) is 20.3. The van der Waals surface area contributed by atoms with Gasteiger partial charge < -0.3 is 4.74 Å². The molecule has 0 aromatic carbocycles. The average Bonchev–Trinajstić information content (AvgIpc) is 3.31. The molecule has 21 heavy (non-hydrogen) atoms. The molecule has 7 heteroatoms. The number of carbonyl (C=O) groups is 1. The van der Waals surface area contributed by atoms with Crippen LogP contribution in [0.25, 0.3) is 0 Å². The molecule has 6 nitrogen and oxygen atoms in total. The monoisotopic (exact) mass is 304 g/mol. The normalized spacial score (nSPS) is 16.6. The lowest BCUT2D eigenvalue weighted by atomic mass is 9.68. The van der Waals surface area contributed by atoms with Gasteiger partial charge in [0.1, 0.15) is 5.41 Å². The first kappa shape index (κ1) is 15.2. The number of carbonyl (C=O) groups excluding carboxylic acids is 1. The zero-order valence-electron chi connectivity index (χ0n) is 11.4. The summed E-state index contributed by atoms with van der Waals surface area (Å²) in [6, 6.07) is 3.83. The first-order valence-electron chi connectivity index (χ1n) is 6.55.